The van der Waals surface area contributed by atoms with Crippen LogP contribution >= 0.6 is 0 Å². The Balaban J connectivity index is 1.75. The summed E-state index contributed by atoms with van der Waals surface area (Å²) >= 11 is 0. The molecule has 3 atom stereocenters. The van der Waals surface area contributed by atoms with Crippen molar-refractivity contribution in [2.45, 2.75) is 44.9 Å². The van der Waals surface area contributed by atoms with Gasteiger partial charge in [-0.2, -0.15) is 0 Å². The number of benzene rings is 2. The molecular formula is C27H28N2O5. The molecular weight excluding hydrogens is 432 g/mol. The molecule has 7 heteroatoms. The average Bonchev–Trinajstić information content (AvgIpc) is 3.29. The Kier molecular flexibility index (Phi) is 6.11. The van der Waals surface area contributed by atoms with E-state index in [-0.39, 0.29) is 18.7 Å². The Morgan fingerprint density at radius 2 is 1.76 bits per heavy atom. The minimum Gasteiger partial charge on any atom is -0.459 e. The van der Waals surface area contributed by atoms with Gasteiger partial charge in [-0.25, -0.2) is 9.59 Å². The first-order valence-electron chi connectivity index (χ1n) is 11.8. The van der Waals surface area contributed by atoms with Crippen molar-refractivity contribution in [3.05, 3.63) is 78.1 Å². The predicted octanol–water partition coefficient (Wildman–Crippen LogP) is 3.85. The van der Waals surface area contributed by atoms with Gasteiger partial charge in [0.05, 0.1) is 7.29 Å². The lowest BCUT2D eigenvalue weighted by molar-refractivity contribution is -0.175. The van der Waals surface area contributed by atoms with E-state index in [0.717, 1.165) is 5.39 Å². The van der Waals surface area contributed by atoms with Gasteiger partial charge in [0.2, 0.25) is 5.54 Å². The fourth-order valence-corrected chi connectivity index (χ4v) is 4.18. The third-order valence-electron chi connectivity index (χ3n) is 5.73. The lowest BCUT2D eigenvalue weighted by atomic mass is 9.80. The highest BCUT2D eigenvalue weighted by atomic mass is 16.6. The van der Waals surface area contributed by atoms with E-state index in [1.807, 2.05) is 12.1 Å². The van der Waals surface area contributed by atoms with E-state index in [4.69, 9.17) is 10.8 Å². The van der Waals surface area contributed by atoms with Crippen LogP contribution in [0.25, 0.3) is 10.8 Å². The summed E-state index contributed by atoms with van der Waals surface area (Å²) < 4.78 is 19.4. The topological polar surface area (TPSA) is 94.6 Å². The molecule has 2 unspecified atom stereocenters. The largest absolute Gasteiger partial charge is 0.459 e. The molecule has 1 saturated heterocycles. The summed E-state index contributed by atoms with van der Waals surface area (Å²) in [5, 5.41) is 4.36. The molecule has 4 rings (SSSR count). The molecule has 7 nitrogen and oxygen atoms in total. The summed E-state index contributed by atoms with van der Waals surface area (Å²) in [6.07, 6.45) is 1.73. The maximum absolute atomic E-state index is 13.8. The molecule has 0 bridgehead atoms. The summed E-state index contributed by atoms with van der Waals surface area (Å²) in [6.45, 7) is 3.87. The zero-order chi connectivity index (χ0) is 25.2. The molecule has 34 heavy (non-hydrogen) atoms. The predicted molar refractivity (Wildman–Crippen MR) is 127 cm³/mol. The summed E-state index contributed by atoms with van der Waals surface area (Å²) in [6, 6.07) is 17.6. The number of esters is 2. The Morgan fingerprint density at radius 1 is 1.06 bits per heavy atom. The van der Waals surface area contributed by atoms with Gasteiger partial charge >= 0.3 is 11.9 Å². The van der Waals surface area contributed by atoms with Crippen LogP contribution in [0.2, 0.25) is 0 Å². The first-order chi connectivity index (χ1) is 16.6. The fraction of sp³-hybridized carbons (Fsp3) is 0.333. The first kappa shape index (κ1) is 22.2. The van der Waals surface area contributed by atoms with Crippen LogP contribution in [0, 0.1) is 5.92 Å². The number of Topliss-reactive ketones (excluding diaryl/α,β-unsaturated/α-hetero) is 1. The van der Waals surface area contributed by atoms with E-state index in [2.05, 4.69) is 10.3 Å². The van der Waals surface area contributed by atoms with E-state index in [9.17, 15) is 14.4 Å². The SMILES string of the molecule is [2H]C(OC(=O)[C@]1(C(=O)OC(C)(C)C)NCCC1C(=O)c1nccc2ccccc12)c1ccccc1. The monoisotopic (exact) mass is 461 g/mol. The Bertz CT molecular complexity index is 1250. The van der Waals surface area contributed by atoms with E-state index >= 15 is 0 Å². The number of hydrogen-bond donors (Lipinski definition) is 1. The maximum Gasteiger partial charge on any atom is 0.339 e. The highest BCUT2D eigenvalue weighted by Crippen LogP contribution is 2.35. The van der Waals surface area contributed by atoms with Crippen molar-refractivity contribution in [2.75, 3.05) is 6.54 Å². The van der Waals surface area contributed by atoms with Crippen LogP contribution in [-0.2, 0) is 25.6 Å². The van der Waals surface area contributed by atoms with Crippen molar-refractivity contribution >= 4 is 28.5 Å². The van der Waals surface area contributed by atoms with Gasteiger partial charge in [0, 0.05) is 11.6 Å². The number of carbonyl (C=O) groups excluding carboxylic acids is 3. The molecule has 0 aliphatic carbocycles. The molecule has 3 aromatic rings. The molecule has 0 amide bonds. The van der Waals surface area contributed by atoms with Crippen LogP contribution in [-0.4, -0.2) is 40.4 Å². The van der Waals surface area contributed by atoms with Gasteiger partial charge in [-0.15, -0.1) is 0 Å². The summed E-state index contributed by atoms with van der Waals surface area (Å²) in [7, 11) is 0. The van der Waals surface area contributed by atoms with Gasteiger partial charge in [0.25, 0.3) is 0 Å². The van der Waals surface area contributed by atoms with Crippen LogP contribution in [0.15, 0.2) is 66.9 Å². The molecule has 1 aliphatic rings. The van der Waals surface area contributed by atoms with E-state index in [0.29, 0.717) is 10.9 Å². The van der Waals surface area contributed by atoms with Crippen molar-refractivity contribution in [1.82, 2.24) is 10.3 Å². The number of hydrogen-bond acceptors (Lipinski definition) is 7. The Labute approximate surface area is 199 Å². The summed E-state index contributed by atoms with van der Waals surface area (Å²) in [5.41, 5.74) is -2.41. The molecule has 1 aromatic heterocycles. The lowest BCUT2D eigenvalue weighted by Gasteiger charge is -2.33. The van der Waals surface area contributed by atoms with Crippen LogP contribution in [0.4, 0.5) is 0 Å². The second kappa shape index (κ2) is 9.35. The zero-order valence-electron chi connectivity index (χ0n) is 20.4. The van der Waals surface area contributed by atoms with Crippen molar-refractivity contribution in [1.29, 1.82) is 0 Å². The number of nitrogens with zero attached hydrogens (tertiary/aromatic N) is 1. The average molecular weight is 462 g/mol. The van der Waals surface area contributed by atoms with Gasteiger partial charge in [0.15, 0.2) is 5.78 Å². The third kappa shape index (κ3) is 4.56. The fourth-order valence-electron chi connectivity index (χ4n) is 4.18. The smallest absolute Gasteiger partial charge is 0.339 e. The van der Waals surface area contributed by atoms with Gasteiger partial charge in [-0.3, -0.25) is 15.1 Å². The maximum atomic E-state index is 13.8. The Hall–Kier alpha value is -3.58. The number of pyridine rings is 1. The number of aromatic nitrogens is 1. The second-order valence-electron chi connectivity index (χ2n) is 9.26. The van der Waals surface area contributed by atoms with Crippen molar-refractivity contribution in [3.63, 3.8) is 0 Å². The lowest BCUT2D eigenvalue weighted by Crippen LogP contribution is -2.62. The van der Waals surface area contributed by atoms with Crippen LogP contribution in [0.5, 0.6) is 0 Å². The molecule has 0 saturated carbocycles. The third-order valence-corrected chi connectivity index (χ3v) is 5.73. The number of carbonyl (C=O) groups is 3. The standard InChI is InChI=1S/C27H28N2O5/c1-26(2,3)34-25(32)27(24(31)33-17-18-9-5-4-6-10-18)21(14-16-29-27)23(30)22-20-12-8-7-11-19(20)13-15-28-22/h4-13,15,21,29H,14,16-17H2,1-3H3/t21?,27-/m1/s1/i17D/t17?,21?,27-. The quantitative estimate of drug-likeness (QED) is 0.338. The van der Waals surface area contributed by atoms with Crippen molar-refractivity contribution in [2.24, 2.45) is 5.92 Å². The Morgan fingerprint density at radius 3 is 2.50 bits per heavy atom. The van der Waals surface area contributed by atoms with Gasteiger partial charge in [-0.05, 0) is 50.8 Å². The molecule has 2 heterocycles. The number of ketones is 1. The van der Waals surface area contributed by atoms with Crippen LogP contribution in [0.1, 0.15) is 44.6 Å². The number of fused-ring (bicyclic) bond motifs is 1. The van der Waals surface area contributed by atoms with E-state index < -0.39 is 41.4 Å². The molecule has 2 aromatic carbocycles. The van der Waals surface area contributed by atoms with E-state index in [1.165, 1.54) is 6.20 Å². The number of nitrogens with one attached hydrogen (secondary N) is 1. The molecule has 0 spiro atoms. The number of rotatable bonds is 6. The zero-order valence-corrected chi connectivity index (χ0v) is 19.4. The van der Waals surface area contributed by atoms with Crippen LogP contribution in [0.3, 0.4) is 0 Å². The molecule has 1 fully saturated rings. The minimum absolute atomic E-state index is 0.169. The van der Waals surface area contributed by atoms with Crippen molar-refractivity contribution in [3.8, 4) is 0 Å². The second-order valence-corrected chi connectivity index (χ2v) is 9.26. The molecule has 0 radical (unpaired) electrons. The minimum atomic E-state index is -2.10. The molecule has 1 N–H and O–H groups in total. The van der Waals surface area contributed by atoms with Crippen molar-refractivity contribution < 1.29 is 25.2 Å². The summed E-state index contributed by atoms with van der Waals surface area (Å²) in [4.78, 5) is 45.3. The van der Waals surface area contributed by atoms with E-state index in [1.54, 1.807) is 69.3 Å². The van der Waals surface area contributed by atoms with Crippen LogP contribution < -0.4 is 5.32 Å². The normalized spacial score (nSPS) is 21.5. The highest BCUT2D eigenvalue weighted by molar-refractivity contribution is 6.15. The number of ether oxygens (including phenoxy) is 2. The van der Waals surface area contributed by atoms with Gasteiger partial charge in [0.1, 0.15) is 17.9 Å². The first-order valence-corrected chi connectivity index (χ1v) is 11.2. The summed E-state index contributed by atoms with van der Waals surface area (Å²) in [5.74, 6) is -3.51. The molecule has 176 valence electrons. The highest BCUT2D eigenvalue weighted by Gasteiger charge is 2.61. The van der Waals surface area contributed by atoms with Gasteiger partial charge < -0.3 is 9.47 Å². The molecule has 1 aliphatic heterocycles. The van der Waals surface area contributed by atoms with Gasteiger partial charge in [-0.1, -0.05) is 54.6 Å².